The minimum Gasteiger partial charge on any atom is -0.406 e. The van der Waals surface area contributed by atoms with E-state index in [1.807, 2.05) is 0 Å². The van der Waals surface area contributed by atoms with Crippen LogP contribution < -0.4 is 4.74 Å². The Kier molecular flexibility index (Phi) is 5.89. The van der Waals surface area contributed by atoms with Gasteiger partial charge in [-0.15, -0.1) is 13.2 Å². The van der Waals surface area contributed by atoms with Crippen molar-refractivity contribution in [3.63, 3.8) is 0 Å². The molecule has 2 aromatic carbocycles. The molecule has 2 fully saturated rings. The minimum atomic E-state index is -4.65. The monoisotopic (exact) mass is 402 g/mol. The van der Waals surface area contributed by atoms with E-state index in [-0.39, 0.29) is 5.75 Å². The summed E-state index contributed by atoms with van der Waals surface area (Å²) in [5.74, 6) is 3.22. The summed E-state index contributed by atoms with van der Waals surface area (Å²) in [7, 11) is 0. The molecule has 0 aliphatic heterocycles. The van der Waals surface area contributed by atoms with Gasteiger partial charge in [-0.1, -0.05) is 56.2 Å². The number of halogens is 3. The number of ether oxygens (including phenoxy) is 1. The van der Waals surface area contributed by atoms with Crippen LogP contribution in [0, 0.1) is 17.8 Å². The molecule has 0 amide bonds. The van der Waals surface area contributed by atoms with Crippen LogP contribution in [0.3, 0.4) is 0 Å². The summed E-state index contributed by atoms with van der Waals surface area (Å²) < 4.78 is 40.9. The molecule has 1 nitrogen and oxygen atoms in total. The second kappa shape index (κ2) is 8.41. The van der Waals surface area contributed by atoms with Gasteiger partial charge < -0.3 is 4.74 Å². The summed E-state index contributed by atoms with van der Waals surface area (Å²) in [5.41, 5.74) is 3.32. The Morgan fingerprint density at radius 1 is 0.793 bits per heavy atom. The van der Waals surface area contributed by atoms with E-state index in [1.54, 1.807) is 12.1 Å². The smallest absolute Gasteiger partial charge is 0.406 e. The van der Waals surface area contributed by atoms with E-state index < -0.39 is 6.36 Å². The van der Waals surface area contributed by atoms with Gasteiger partial charge in [0.1, 0.15) is 5.75 Å². The van der Waals surface area contributed by atoms with E-state index in [0.29, 0.717) is 5.92 Å². The molecule has 2 aliphatic rings. The van der Waals surface area contributed by atoms with E-state index in [2.05, 4.69) is 35.9 Å². The van der Waals surface area contributed by atoms with Crippen LogP contribution in [-0.2, 0) is 0 Å². The fourth-order valence-electron chi connectivity index (χ4n) is 5.46. The lowest BCUT2D eigenvalue weighted by atomic mass is 9.63. The number of benzene rings is 2. The highest BCUT2D eigenvalue weighted by atomic mass is 19.4. The molecule has 2 aromatic rings. The second-order valence-corrected chi connectivity index (χ2v) is 8.81. The van der Waals surface area contributed by atoms with Gasteiger partial charge in [-0.25, -0.2) is 0 Å². The number of hydrogen-bond acceptors (Lipinski definition) is 1. The average Bonchev–Trinajstić information content (AvgIpc) is 2.72. The lowest BCUT2D eigenvalue weighted by Crippen LogP contribution is -2.30. The summed E-state index contributed by atoms with van der Waals surface area (Å²) in [4.78, 5) is 0. The molecule has 2 saturated carbocycles. The summed E-state index contributed by atoms with van der Waals surface area (Å²) in [6.07, 6.45) is 4.84. The van der Waals surface area contributed by atoms with Crippen LogP contribution in [0.25, 0.3) is 11.1 Å². The molecule has 0 aromatic heterocycles. The highest BCUT2D eigenvalue weighted by Crippen LogP contribution is 2.48. The number of hydrogen-bond donors (Lipinski definition) is 0. The third-order valence-electron chi connectivity index (χ3n) is 7.10. The first-order valence-corrected chi connectivity index (χ1v) is 10.9. The third-order valence-corrected chi connectivity index (χ3v) is 7.10. The third kappa shape index (κ3) is 4.96. The van der Waals surface area contributed by atoms with Crippen molar-refractivity contribution in [3.8, 4) is 16.9 Å². The van der Waals surface area contributed by atoms with Crippen molar-refractivity contribution < 1.29 is 17.9 Å². The van der Waals surface area contributed by atoms with E-state index in [4.69, 9.17) is 0 Å². The van der Waals surface area contributed by atoms with Gasteiger partial charge in [0.25, 0.3) is 0 Å². The van der Waals surface area contributed by atoms with E-state index in [9.17, 15) is 13.2 Å². The quantitative estimate of drug-likeness (QED) is 0.504. The van der Waals surface area contributed by atoms with Gasteiger partial charge in [0.15, 0.2) is 0 Å². The summed E-state index contributed by atoms with van der Waals surface area (Å²) in [6, 6.07) is 14.7. The zero-order valence-corrected chi connectivity index (χ0v) is 16.9. The first-order chi connectivity index (χ1) is 13.9. The molecule has 0 bridgehead atoms. The second-order valence-electron chi connectivity index (χ2n) is 8.81. The van der Waals surface area contributed by atoms with Gasteiger partial charge in [-0.05, 0) is 84.6 Å². The Labute approximate surface area is 171 Å². The molecule has 0 radical (unpaired) electrons. The number of alkyl halides is 3. The topological polar surface area (TPSA) is 9.23 Å². The predicted molar refractivity (Wildman–Crippen MR) is 110 cm³/mol. The van der Waals surface area contributed by atoms with Gasteiger partial charge in [0, 0.05) is 0 Å². The predicted octanol–water partition coefficient (Wildman–Crippen LogP) is 7.96. The Hall–Kier alpha value is -1.97. The molecule has 29 heavy (non-hydrogen) atoms. The van der Waals surface area contributed by atoms with Gasteiger partial charge in [0.05, 0.1) is 0 Å². The first-order valence-electron chi connectivity index (χ1n) is 10.9. The van der Waals surface area contributed by atoms with Crippen LogP contribution in [-0.4, -0.2) is 6.36 Å². The van der Waals surface area contributed by atoms with Crippen LogP contribution in [0.15, 0.2) is 48.5 Å². The number of fused-ring (bicyclic) bond motifs is 1. The van der Waals surface area contributed by atoms with Gasteiger partial charge in [-0.2, -0.15) is 0 Å². The maximum Gasteiger partial charge on any atom is 0.573 e. The van der Waals surface area contributed by atoms with Crippen molar-refractivity contribution >= 4 is 0 Å². The highest BCUT2D eigenvalue weighted by Gasteiger charge is 2.35. The Balaban J connectivity index is 1.39. The molecule has 0 heterocycles. The Morgan fingerprint density at radius 2 is 1.38 bits per heavy atom. The molecule has 4 atom stereocenters. The Bertz CT molecular complexity index is 794. The largest absolute Gasteiger partial charge is 0.573 e. The van der Waals surface area contributed by atoms with E-state index in [1.165, 1.54) is 62.6 Å². The van der Waals surface area contributed by atoms with Crippen LogP contribution in [0.4, 0.5) is 13.2 Å². The van der Waals surface area contributed by atoms with Crippen molar-refractivity contribution in [2.24, 2.45) is 17.8 Å². The normalized spacial score (nSPS) is 27.3. The van der Waals surface area contributed by atoms with Gasteiger partial charge in [0.2, 0.25) is 0 Å². The molecule has 0 spiro atoms. The average molecular weight is 403 g/mol. The lowest BCUT2D eigenvalue weighted by molar-refractivity contribution is -0.274. The van der Waals surface area contributed by atoms with Crippen molar-refractivity contribution in [2.45, 2.75) is 64.1 Å². The van der Waals surface area contributed by atoms with Crippen LogP contribution in [0.2, 0.25) is 0 Å². The SMILES string of the molecule is CCC1CCC2CC(c3ccc(-c4ccc(OC(F)(F)F)cc4)cc3)CCC2C1. The standard InChI is InChI=1S/C25H29F3O/c1-2-17-3-4-23-16-22(10-9-21(23)15-17)20-7-5-18(6-8-20)19-11-13-24(14-12-19)29-25(26,27)28/h5-8,11-14,17,21-23H,2-4,9-10,15-16H2,1H3. The minimum absolute atomic E-state index is 0.188. The molecule has 2 aliphatic carbocycles. The molecule has 0 saturated heterocycles. The van der Waals surface area contributed by atoms with E-state index in [0.717, 1.165) is 28.9 Å². The highest BCUT2D eigenvalue weighted by molar-refractivity contribution is 5.64. The molecular weight excluding hydrogens is 373 g/mol. The van der Waals surface area contributed by atoms with Crippen LogP contribution in [0.5, 0.6) is 5.75 Å². The molecule has 4 rings (SSSR count). The molecule has 156 valence electrons. The fraction of sp³-hybridized carbons (Fsp3) is 0.520. The number of rotatable bonds is 4. The van der Waals surface area contributed by atoms with Crippen LogP contribution in [0.1, 0.15) is 63.4 Å². The summed E-state index contributed by atoms with van der Waals surface area (Å²) in [6.45, 7) is 2.33. The molecular formula is C25H29F3O. The molecule has 0 N–H and O–H groups in total. The van der Waals surface area contributed by atoms with Crippen molar-refractivity contribution in [3.05, 3.63) is 54.1 Å². The van der Waals surface area contributed by atoms with Crippen molar-refractivity contribution in [2.75, 3.05) is 0 Å². The first kappa shape index (κ1) is 20.3. The zero-order chi connectivity index (χ0) is 20.4. The molecule has 4 unspecified atom stereocenters. The maximum absolute atomic E-state index is 12.3. The van der Waals surface area contributed by atoms with E-state index >= 15 is 0 Å². The summed E-state index contributed by atoms with van der Waals surface area (Å²) >= 11 is 0. The van der Waals surface area contributed by atoms with Gasteiger partial charge >= 0.3 is 6.36 Å². The van der Waals surface area contributed by atoms with Gasteiger partial charge in [-0.3, -0.25) is 0 Å². The van der Waals surface area contributed by atoms with Crippen molar-refractivity contribution in [1.82, 2.24) is 0 Å². The Morgan fingerprint density at radius 3 is 2.00 bits per heavy atom. The fourth-order valence-corrected chi connectivity index (χ4v) is 5.46. The zero-order valence-electron chi connectivity index (χ0n) is 16.9. The van der Waals surface area contributed by atoms with Crippen molar-refractivity contribution in [1.29, 1.82) is 0 Å². The maximum atomic E-state index is 12.3. The lowest BCUT2D eigenvalue weighted by Gasteiger charge is -2.42. The van der Waals surface area contributed by atoms with Crippen LogP contribution >= 0.6 is 0 Å². The molecule has 4 heteroatoms. The summed E-state index contributed by atoms with van der Waals surface area (Å²) in [5, 5.41) is 0.